The van der Waals surface area contributed by atoms with Gasteiger partial charge in [0.1, 0.15) is 53.5 Å². The number of hydrogen-bond acceptors (Lipinski definition) is 10. The van der Waals surface area contributed by atoms with E-state index in [1.165, 1.54) is 58.9 Å². The fourth-order valence-electron chi connectivity index (χ4n) is 6.91. The summed E-state index contributed by atoms with van der Waals surface area (Å²) in [5.74, 6) is -2.61. The molecule has 6 rings (SSSR count). The predicted octanol–water partition coefficient (Wildman–Crippen LogP) is 1.51. The number of nitriles is 1. The predicted molar refractivity (Wildman–Crippen MR) is 210 cm³/mol. The first-order chi connectivity index (χ1) is 27.6. The van der Waals surface area contributed by atoms with E-state index >= 15 is 0 Å². The van der Waals surface area contributed by atoms with Gasteiger partial charge < -0.3 is 45.3 Å². The lowest BCUT2D eigenvalue weighted by atomic mass is 9.96. The van der Waals surface area contributed by atoms with Crippen LogP contribution >= 0.6 is 0 Å². The van der Waals surface area contributed by atoms with Crippen LogP contribution < -0.4 is 30.7 Å². The van der Waals surface area contributed by atoms with Crippen LogP contribution in [0.4, 0.5) is 0 Å². The Morgan fingerprint density at radius 3 is 1.98 bits per heavy atom. The topological polar surface area (TPSA) is 208 Å². The molecule has 0 spiro atoms. The van der Waals surface area contributed by atoms with Gasteiger partial charge in [0.25, 0.3) is 0 Å². The minimum absolute atomic E-state index is 0.00105. The smallest absolute Gasteiger partial charge is 0.245 e. The summed E-state index contributed by atoms with van der Waals surface area (Å²) >= 11 is 0. The van der Waals surface area contributed by atoms with Crippen molar-refractivity contribution in [3.63, 3.8) is 0 Å². The largest absolute Gasteiger partial charge is 0.497 e. The van der Waals surface area contributed by atoms with E-state index in [-0.39, 0.29) is 31.4 Å². The average molecular weight is 796 g/mol. The van der Waals surface area contributed by atoms with E-state index in [1.807, 2.05) is 0 Å². The molecule has 58 heavy (non-hydrogen) atoms. The zero-order chi connectivity index (χ0) is 42.3. The summed E-state index contributed by atoms with van der Waals surface area (Å²) in [6.45, 7) is 4.47. The van der Waals surface area contributed by atoms with Gasteiger partial charge in [-0.15, -0.1) is 0 Å². The zero-order valence-corrected chi connectivity index (χ0v) is 33.6. The van der Waals surface area contributed by atoms with Crippen molar-refractivity contribution < 1.29 is 43.0 Å². The lowest BCUT2D eigenvalue weighted by molar-refractivity contribution is -0.145. The summed E-state index contributed by atoms with van der Waals surface area (Å²) in [4.78, 5) is 86.5. The number of hydrogen-bond donors (Lipinski definition) is 4. The van der Waals surface area contributed by atoms with Crippen LogP contribution in [-0.4, -0.2) is 110 Å². The first-order valence-corrected chi connectivity index (χ1v) is 18.8. The molecule has 0 saturated carbocycles. The minimum atomic E-state index is -1.36. The van der Waals surface area contributed by atoms with E-state index in [4.69, 9.17) is 14.2 Å². The first-order valence-electron chi connectivity index (χ1n) is 18.8. The van der Waals surface area contributed by atoms with Crippen LogP contribution in [0.25, 0.3) is 0 Å². The maximum absolute atomic E-state index is 14.4. The van der Waals surface area contributed by atoms with E-state index in [1.54, 1.807) is 60.7 Å². The minimum Gasteiger partial charge on any atom is -0.497 e. The molecule has 3 aromatic rings. The number of carbonyl (C=O) groups excluding carboxylic acids is 6. The number of likely N-dealkylation sites (N-methyl/N-ethyl adjacent to an activating group) is 2. The molecule has 3 aliphatic rings. The fourth-order valence-corrected chi connectivity index (χ4v) is 6.91. The molecule has 16 heteroatoms. The lowest BCUT2D eigenvalue weighted by Crippen LogP contribution is -2.61. The number of fused-ring (bicyclic) bond motifs is 2. The second-order valence-corrected chi connectivity index (χ2v) is 14.6. The molecule has 6 amide bonds. The van der Waals surface area contributed by atoms with Crippen LogP contribution in [0.15, 0.2) is 60.7 Å². The summed E-state index contributed by atoms with van der Waals surface area (Å²) in [5.41, 5.74) is 2.48. The SMILES string of the molecule is COCc1cc(C#N)c2cc1Oc1ccc(cc1)C[C@H]1C(=O)N[C@@H](C2)C(=O)N[C@H](C)C(=O)N[C@@H](C)C(=O)N(C)[C@@H](Cc2ccc(OC)cc2)C(=O)N[C@@H](C)C(=O)N1C. The van der Waals surface area contributed by atoms with Crippen molar-refractivity contribution in [2.24, 2.45) is 0 Å². The van der Waals surface area contributed by atoms with Gasteiger partial charge in [0.05, 0.1) is 25.3 Å². The van der Waals surface area contributed by atoms with Gasteiger partial charge in [0, 0.05) is 46.0 Å². The lowest BCUT2D eigenvalue weighted by Gasteiger charge is -2.34. The Balaban J connectivity index is 1.58. The van der Waals surface area contributed by atoms with Gasteiger partial charge >= 0.3 is 0 Å². The van der Waals surface area contributed by atoms with Crippen LogP contribution in [0.3, 0.4) is 0 Å². The van der Waals surface area contributed by atoms with E-state index in [2.05, 4.69) is 27.3 Å². The highest BCUT2D eigenvalue weighted by molar-refractivity contribution is 5.98. The van der Waals surface area contributed by atoms with Gasteiger partial charge in [-0.1, -0.05) is 24.3 Å². The van der Waals surface area contributed by atoms with Crippen molar-refractivity contribution in [1.82, 2.24) is 31.1 Å². The number of ether oxygens (including phenoxy) is 3. The summed E-state index contributed by atoms with van der Waals surface area (Å²) < 4.78 is 16.9. The Kier molecular flexibility index (Phi) is 13.7. The molecular formula is C42H49N7O9. The number of nitrogens with one attached hydrogen (secondary N) is 4. The molecule has 0 aromatic heterocycles. The molecule has 6 atom stereocenters. The third-order valence-corrected chi connectivity index (χ3v) is 10.4. The Labute approximate surface area is 337 Å². The summed E-state index contributed by atoms with van der Waals surface area (Å²) in [7, 11) is 5.89. The molecule has 1 fully saturated rings. The standard InChI is InChI=1S/C42H49N7O9/c1-23-37(50)45-24(2)41(54)48(4)34(16-26-8-12-31(57-7)13-9-26)39(52)46-25(3)42(55)49(5)35-17-27-10-14-32(15-11-27)58-36-20-28(29(21-43)18-30(36)22-56-6)19-33(38(51)44-23)47-40(35)53/h8-15,18,20,23-25,33-35H,16-17,19,22H2,1-7H3,(H,44,51)(H,45,50)(H,46,52)(H,47,53)/t23-,24+,25+,33+,34+,35+/m1/s1. The average Bonchev–Trinajstić information content (AvgIpc) is 3.21. The molecule has 16 nitrogen and oxygen atoms in total. The highest BCUT2D eigenvalue weighted by Gasteiger charge is 2.37. The maximum Gasteiger partial charge on any atom is 0.245 e. The molecule has 1 saturated heterocycles. The van der Waals surface area contributed by atoms with E-state index < -0.39 is 71.7 Å². The number of amides is 6. The highest BCUT2D eigenvalue weighted by Crippen LogP contribution is 2.31. The Morgan fingerprint density at radius 1 is 0.741 bits per heavy atom. The van der Waals surface area contributed by atoms with Crippen molar-refractivity contribution >= 4 is 35.4 Å². The Bertz CT molecular complexity index is 2080. The zero-order valence-electron chi connectivity index (χ0n) is 33.6. The quantitative estimate of drug-likeness (QED) is 0.293. The Hall–Kier alpha value is -6.47. The third kappa shape index (κ3) is 9.90. The van der Waals surface area contributed by atoms with Crippen molar-refractivity contribution in [2.45, 2.75) is 82.9 Å². The summed E-state index contributed by atoms with van der Waals surface area (Å²) in [5, 5.41) is 20.9. The van der Waals surface area contributed by atoms with Crippen LogP contribution in [0, 0.1) is 11.3 Å². The number of methoxy groups -OCH3 is 2. The molecule has 3 aromatic carbocycles. The summed E-state index contributed by atoms with van der Waals surface area (Å²) in [6.07, 6.45) is -0.151. The molecule has 3 aliphatic heterocycles. The molecule has 0 unspecified atom stereocenters. The normalized spacial score (nSPS) is 23.6. The van der Waals surface area contributed by atoms with Crippen molar-refractivity contribution in [2.75, 3.05) is 28.3 Å². The van der Waals surface area contributed by atoms with Crippen molar-refractivity contribution in [1.29, 1.82) is 5.26 Å². The second-order valence-electron chi connectivity index (χ2n) is 14.6. The number of benzene rings is 3. The van der Waals surface area contributed by atoms with Gasteiger partial charge in [-0.2, -0.15) is 5.26 Å². The van der Waals surface area contributed by atoms with Crippen LogP contribution in [-0.2, 0) is 59.4 Å². The van der Waals surface area contributed by atoms with E-state index in [0.29, 0.717) is 39.5 Å². The highest BCUT2D eigenvalue weighted by atomic mass is 16.5. The van der Waals surface area contributed by atoms with Crippen LogP contribution in [0.2, 0.25) is 0 Å². The maximum atomic E-state index is 14.4. The van der Waals surface area contributed by atoms with Gasteiger partial charge in [0.2, 0.25) is 35.4 Å². The van der Waals surface area contributed by atoms with Gasteiger partial charge in [-0.3, -0.25) is 28.8 Å². The first kappa shape index (κ1) is 42.7. The van der Waals surface area contributed by atoms with Crippen LogP contribution in [0.1, 0.15) is 48.6 Å². The number of carbonyl (C=O) groups is 6. The molecule has 306 valence electrons. The van der Waals surface area contributed by atoms with Crippen molar-refractivity contribution in [3.05, 3.63) is 88.5 Å². The molecule has 4 N–H and O–H groups in total. The van der Waals surface area contributed by atoms with Gasteiger partial charge in [-0.05, 0) is 73.9 Å². The molecular weight excluding hydrogens is 747 g/mol. The fraction of sp³-hybridized carbons (Fsp3) is 0.405. The van der Waals surface area contributed by atoms with Gasteiger partial charge in [-0.25, -0.2) is 0 Å². The molecule has 6 bridgehead atoms. The Morgan fingerprint density at radius 2 is 1.36 bits per heavy atom. The molecule has 0 radical (unpaired) electrons. The molecule has 0 aliphatic carbocycles. The number of nitrogens with zero attached hydrogens (tertiary/aromatic N) is 3. The van der Waals surface area contributed by atoms with E-state index in [9.17, 15) is 34.0 Å². The third-order valence-electron chi connectivity index (χ3n) is 10.4. The summed E-state index contributed by atoms with van der Waals surface area (Å²) in [6, 6.07) is 12.0. The molecule has 3 heterocycles. The number of rotatable bonds is 5. The van der Waals surface area contributed by atoms with E-state index in [0.717, 1.165) is 0 Å². The van der Waals surface area contributed by atoms with Crippen LogP contribution in [0.5, 0.6) is 17.2 Å². The second kappa shape index (κ2) is 18.6. The monoisotopic (exact) mass is 795 g/mol. The van der Waals surface area contributed by atoms with Gasteiger partial charge in [0.15, 0.2) is 0 Å². The van der Waals surface area contributed by atoms with Crippen molar-refractivity contribution in [3.8, 4) is 23.3 Å².